The van der Waals surface area contributed by atoms with E-state index >= 15 is 0 Å². The number of hydrogen-bond acceptors (Lipinski definition) is 6. The molecule has 188 valence electrons. The SMILES string of the molecule is CC1=NN(c2ccc(OC(F)F)c(-c3ncc(C)o3)c2)C(=O)C1C(=O)Cc1cccc(C(C)(F)F)c1. The van der Waals surface area contributed by atoms with Crippen LogP contribution in [0.2, 0.25) is 0 Å². The van der Waals surface area contributed by atoms with Crippen LogP contribution in [0.1, 0.15) is 30.7 Å². The topological polar surface area (TPSA) is 85.0 Å². The number of nitrogens with zero attached hydrogens (tertiary/aromatic N) is 3. The highest BCUT2D eigenvalue weighted by Gasteiger charge is 2.39. The van der Waals surface area contributed by atoms with Gasteiger partial charge in [0, 0.05) is 18.9 Å². The third-order valence-corrected chi connectivity index (χ3v) is 5.54. The molecule has 0 fully saturated rings. The number of oxazole rings is 1. The number of amides is 1. The highest BCUT2D eigenvalue weighted by atomic mass is 19.3. The van der Waals surface area contributed by atoms with E-state index in [-0.39, 0.29) is 40.6 Å². The van der Waals surface area contributed by atoms with Crippen molar-refractivity contribution in [2.24, 2.45) is 11.0 Å². The fourth-order valence-electron chi connectivity index (χ4n) is 3.87. The lowest BCUT2D eigenvalue weighted by Gasteiger charge is -2.17. The maximum absolute atomic E-state index is 13.7. The van der Waals surface area contributed by atoms with Crippen LogP contribution in [-0.2, 0) is 21.9 Å². The van der Waals surface area contributed by atoms with E-state index < -0.39 is 30.1 Å². The molecule has 1 atom stereocenters. The molecule has 2 heterocycles. The van der Waals surface area contributed by atoms with Gasteiger partial charge in [-0.15, -0.1) is 0 Å². The molecule has 0 saturated carbocycles. The van der Waals surface area contributed by atoms with E-state index in [9.17, 15) is 27.2 Å². The molecule has 7 nitrogen and oxygen atoms in total. The second-order valence-corrected chi connectivity index (χ2v) is 8.39. The summed E-state index contributed by atoms with van der Waals surface area (Å²) in [6, 6.07) is 9.35. The first-order valence-electron chi connectivity index (χ1n) is 10.8. The Bertz CT molecular complexity index is 1350. The molecule has 36 heavy (non-hydrogen) atoms. The highest BCUT2D eigenvalue weighted by molar-refractivity contribution is 6.27. The van der Waals surface area contributed by atoms with Gasteiger partial charge in [-0.2, -0.15) is 18.9 Å². The monoisotopic (exact) mass is 503 g/mol. The molecule has 1 aromatic heterocycles. The van der Waals surface area contributed by atoms with Crippen molar-refractivity contribution in [2.45, 2.75) is 39.7 Å². The van der Waals surface area contributed by atoms with Crippen molar-refractivity contribution in [1.29, 1.82) is 0 Å². The van der Waals surface area contributed by atoms with E-state index in [1.165, 1.54) is 55.6 Å². The highest BCUT2D eigenvalue weighted by Crippen LogP contribution is 2.36. The number of alkyl halides is 4. The summed E-state index contributed by atoms with van der Waals surface area (Å²) >= 11 is 0. The molecule has 0 aliphatic carbocycles. The summed E-state index contributed by atoms with van der Waals surface area (Å²) < 4.78 is 63.1. The number of carbonyl (C=O) groups is 2. The zero-order chi connectivity index (χ0) is 26.2. The van der Waals surface area contributed by atoms with E-state index in [1.54, 1.807) is 6.92 Å². The lowest BCUT2D eigenvalue weighted by molar-refractivity contribution is -0.128. The van der Waals surface area contributed by atoms with Gasteiger partial charge in [0.25, 0.3) is 11.8 Å². The van der Waals surface area contributed by atoms with Gasteiger partial charge >= 0.3 is 6.61 Å². The Morgan fingerprint density at radius 3 is 2.58 bits per heavy atom. The van der Waals surface area contributed by atoms with E-state index in [1.807, 2.05) is 0 Å². The first-order chi connectivity index (χ1) is 16.9. The maximum atomic E-state index is 13.7. The quantitative estimate of drug-likeness (QED) is 0.299. The Morgan fingerprint density at radius 1 is 1.19 bits per heavy atom. The minimum atomic E-state index is -3.10. The van der Waals surface area contributed by atoms with Crippen molar-refractivity contribution in [3.05, 3.63) is 65.5 Å². The van der Waals surface area contributed by atoms with Crippen LogP contribution in [0, 0.1) is 12.8 Å². The molecule has 0 radical (unpaired) electrons. The summed E-state index contributed by atoms with van der Waals surface area (Å²) in [7, 11) is 0. The minimum absolute atomic E-state index is 0.00224. The number of anilines is 1. The van der Waals surface area contributed by atoms with Gasteiger partial charge in [0.15, 0.2) is 5.78 Å². The van der Waals surface area contributed by atoms with Crippen LogP contribution in [-0.4, -0.2) is 29.0 Å². The number of Topliss-reactive ketones (excluding diaryl/α,β-unsaturated/α-hetero) is 1. The first kappa shape index (κ1) is 25.1. The summed E-state index contributed by atoms with van der Waals surface area (Å²) in [5.41, 5.74) is 0.554. The smallest absolute Gasteiger partial charge is 0.387 e. The number of hydrazone groups is 1. The Labute approximate surface area is 203 Å². The van der Waals surface area contributed by atoms with Gasteiger partial charge in [-0.05, 0) is 43.7 Å². The van der Waals surface area contributed by atoms with Crippen LogP contribution < -0.4 is 9.75 Å². The predicted octanol–water partition coefficient (Wildman–Crippen LogP) is 5.51. The van der Waals surface area contributed by atoms with Crippen LogP contribution >= 0.6 is 0 Å². The number of halogens is 4. The number of ether oxygens (including phenoxy) is 1. The van der Waals surface area contributed by atoms with Gasteiger partial charge in [-0.25, -0.2) is 13.8 Å². The normalized spacial score (nSPS) is 16.0. The van der Waals surface area contributed by atoms with Gasteiger partial charge in [0.05, 0.1) is 23.2 Å². The Hall–Kier alpha value is -4.02. The number of aromatic nitrogens is 1. The number of benzene rings is 2. The summed E-state index contributed by atoms with van der Waals surface area (Å²) in [4.78, 5) is 30.2. The van der Waals surface area contributed by atoms with Crippen LogP contribution in [0.25, 0.3) is 11.5 Å². The third kappa shape index (κ3) is 5.14. The molecule has 1 unspecified atom stereocenters. The van der Waals surface area contributed by atoms with Crippen LogP contribution in [0.3, 0.4) is 0 Å². The Balaban J connectivity index is 1.60. The number of aryl methyl sites for hydroxylation is 1. The van der Waals surface area contributed by atoms with Gasteiger partial charge in [0.1, 0.15) is 17.4 Å². The molecule has 4 rings (SSSR count). The third-order valence-electron chi connectivity index (χ3n) is 5.54. The van der Waals surface area contributed by atoms with E-state index in [0.29, 0.717) is 11.3 Å². The molecule has 11 heteroatoms. The van der Waals surface area contributed by atoms with Gasteiger partial charge in [0.2, 0.25) is 5.89 Å². The van der Waals surface area contributed by atoms with Gasteiger partial charge in [-0.1, -0.05) is 18.2 Å². The molecule has 1 amide bonds. The number of ketones is 1. The van der Waals surface area contributed by atoms with Crippen LogP contribution in [0.5, 0.6) is 5.75 Å². The molecule has 3 aromatic rings. The van der Waals surface area contributed by atoms with E-state index in [0.717, 1.165) is 11.9 Å². The van der Waals surface area contributed by atoms with Crippen molar-refractivity contribution in [3.8, 4) is 17.2 Å². The summed E-state index contributed by atoms with van der Waals surface area (Å²) in [5, 5.41) is 5.18. The second-order valence-electron chi connectivity index (χ2n) is 8.39. The zero-order valence-corrected chi connectivity index (χ0v) is 19.5. The summed E-state index contributed by atoms with van der Waals surface area (Å²) in [6.07, 6.45) is 1.15. The van der Waals surface area contributed by atoms with Gasteiger partial charge in [-0.3, -0.25) is 9.59 Å². The number of carbonyl (C=O) groups excluding carboxylic acids is 2. The molecular formula is C25H21F4N3O4. The van der Waals surface area contributed by atoms with Crippen molar-refractivity contribution >= 4 is 23.1 Å². The van der Waals surface area contributed by atoms with E-state index in [2.05, 4.69) is 14.8 Å². The Morgan fingerprint density at radius 2 is 1.94 bits per heavy atom. The van der Waals surface area contributed by atoms with Gasteiger partial charge < -0.3 is 9.15 Å². The molecule has 1 aliphatic heterocycles. The maximum Gasteiger partial charge on any atom is 0.387 e. The minimum Gasteiger partial charge on any atom is -0.441 e. The zero-order valence-electron chi connectivity index (χ0n) is 19.5. The van der Waals surface area contributed by atoms with Crippen molar-refractivity contribution in [3.63, 3.8) is 0 Å². The molecule has 0 spiro atoms. The largest absolute Gasteiger partial charge is 0.441 e. The lowest BCUT2D eigenvalue weighted by Crippen LogP contribution is -2.33. The lowest BCUT2D eigenvalue weighted by atomic mass is 9.93. The van der Waals surface area contributed by atoms with Crippen molar-refractivity contribution < 1.29 is 36.3 Å². The fraction of sp³-hybridized carbons (Fsp3) is 0.280. The molecule has 0 N–H and O–H groups in total. The fourth-order valence-corrected chi connectivity index (χ4v) is 3.87. The van der Waals surface area contributed by atoms with Crippen molar-refractivity contribution in [2.75, 3.05) is 5.01 Å². The predicted molar refractivity (Wildman–Crippen MR) is 122 cm³/mol. The number of hydrogen-bond donors (Lipinski definition) is 0. The van der Waals surface area contributed by atoms with E-state index in [4.69, 9.17) is 4.42 Å². The molecule has 0 bridgehead atoms. The Kier molecular flexibility index (Phi) is 6.66. The van der Waals surface area contributed by atoms with Crippen LogP contribution in [0.15, 0.2) is 58.2 Å². The average molecular weight is 503 g/mol. The molecule has 2 aromatic carbocycles. The number of rotatable bonds is 8. The average Bonchev–Trinajstić information content (AvgIpc) is 3.35. The van der Waals surface area contributed by atoms with Crippen molar-refractivity contribution in [1.82, 2.24) is 4.98 Å². The summed E-state index contributed by atoms with van der Waals surface area (Å²) in [6.45, 7) is 0.782. The standard InChI is InChI=1S/C25H21F4N3O4/c1-13-12-30-22(35-13)18-11-17(7-8-20(18)36-24(26)27)32-23(34)21(14(2)31-32)19(33)10-15-5-4-6-16(9-15)25(3,28)29/h4-9,11-12,21,24H,10H2,1-3H3. The molecule has 0 saturated heterocycles. The molecular weight excluding hydrogens is 482 g/mol. The van der Waals surface area contributed by atoms with Crippen LogP contribution in [0.4, 0.5) is 23.2 Å². The summed E-state index contributed by atoms with van der Waals surface area (Å²) in [5.74, 6) is -5.26. The first-order valence-corrected chi connectivity index (χ1v) is 10.8. The second kappa shape index (κ2) is 9.56. The molecule has 1 aliphatic rings.